The highest BCUT2D eigenvalue weighted by Crippen LogP contribution is 2.33. The molecule has 0 radical (unpaired) electrons. The summed E-state index contributed by atoms with van der Waals surface area (Å²) in [4.78, 5) is 59.6. The van der Waals surface area contributed by atoms with E-state index in [2.05, 4.69) is 20.4 Å². The number of anilines is 2. The van der Waals surface area contributed by atoms with Crippen LogP contribution in [0.25, 0.3) is 17.1 Å². The van der Waals surface area contributed by atoms with Crippen LogP contribution in [0.5, 0.6) is 0 Å². The molecule has 0 spiro atoms. The van der Waals surface area contributed by atoms with E-state index in [1.165, 1.54) is 26.9 Å². The van der Waals surface area contributed by atoms with E-state index in [-0.39, 0.29) is 30.4 Å². The van der Waals surface area contributed by atoms with E-state index in [9.17, 15) is 33.1 Å². The Hall–Kier alpha value is -5.67. The van der Waals surface area contributed by atoms with Crippen LogP contribution in [0.1, 0.15) is 81.0 Å². The molecule has 1 saturated carbocycles. The molecule has 1 fully saturated rings. The number of alkyl halides is 2. The Balaban J connectivity index is 1.28. The lowest BCUT2D eigenvalue weighted by molar-refractivity contribution is -0.107. The molecule has 0 bridgehead atoms. The van der Waals surface area contributed by atoms with E-state index in [0.717, 1.165) is 25.4 Å². The number of aromatic nitrogens is 4. The molecule has 1 aromatic carbocycles. The summed E-state index contributed by atoms with van der Waals surface area (Å²) >= 11 is 0. The van der Waals surface area contributed by atoms with Crippen LogP contribution in [-0.4, -0.2) is 72.8 Å². The number of carbonyl (C=O) groups excluding carboxylic acids is 3. The van der Waals surface area contributed by atoms with Gasteiger partial charge in [0.25, 0.3) is 12.3 Å². The number of hydrogen-bond donors (Lipinski definition) is 2. The summed E-state index contributed by atoms with van der Waals surface area (Å²) in [5.74, 6) is -0.105. The number of ether oxygens (including phenoxy) is 1. The zero-order valence-electron chi connectivity index (χ0n) is 28.4. The van der Waals surface area contributed by atoms with Gasteiger partial charge < -0.3 is 29.3 Å². The molecule has 0 unspecified atom stereocenters. The first-order valence-corrected chi connectivity index (χ1v) is 16.4. The van der Waals surface area contributed by atoms with Crippen molar-refractivity contribution in [2.24, 2.45) is 5.92 Å². The minimum absolute atomic E-state index is 0.0478. The van der Waals surface area contributed by atoms with Gasteiger partial charge in [-0.05, 0) is 82.2 Å². The summed E-state index contributed by atoms with van der Waals surface area (Å²) < 4.78 is 40.4. The number of hydrogen-bond acceptors (Lipinski definition) is 9. The molecule has 14 nitrogen and oxygen atoms in total. The van der Waals surface area contributed by atoms with E-state index in [1.54, 1.807) is 57.2 Å². The molecule has 0 saturated heterocycles. The van der Waals surface area contributed by atoms with Crippen LogP contribution in [0.3, 0.4) is 0 Å². The van der Waals surface area contributed by atoms with Crippen LogP contribution in [0, 0.1) is 5.92 Å². The number of pyridine rings is 1. The molecule has 3 aromatic heterocycles. The Morgan fingerprint density at radius 3 is 2.55 bits per heavy atom. The van der Waals surface area contributed by atoms with Crippen LogP contribution in [0.4, 0.5) is 29.9 Å². The zero-order valence-corrected chi connectivity index (χ0v) is 28.4. The number of halogens is 2. The van der Waals surface area contributed by atoms with E-state index in [4.69, 9.17) is 9.15 Å². The smallest absolute Gasteiger partial charge is 0.416 e. The van der Waals surface area contributed by atoms with Crippen molar-refractivity contribution in [2.45, 2.75) is 71.4 Å². The predicted octanol–water partition coefficient (Wildman–Crippen LogP) is 7.11. The van der Waals surface area contributed by atoms with Gasteiger partial charge in [0.05, 0.1) is 17.6 Å². The zero-order chi connectivity index (χ0) is 36.7. The number of unbranched alkanes of at least 4 members (excludes halogenated alkanes) is 2. The number of oxazole rings is 1. The Kier molecular flexibility index (Phi) is 11.4. The summed E-state index contributed by atoms with van der Waals surface area (Å²) in [5.41, 5.74) is -0.314. The average Bonchev–Trinajstić information content (AvgIpc) is 3.58. The van der Waals surface area contributed by atoms with Gasteiger partial charge in [-0.15, -0.1) is 0 Å². The molecular weight excluding hydrogens is 668 g/mol. The van der Waals surface area contributed by atoms with E-state index >= 15 is 0 Å². The fraction of sp³-hybridized carbons (Fsp3) is 0.400. The van der Waals surface area contributed by atoms with Crippen molar-refractivity contribution in [3.05, 3.63) is 72.0 Å². The van der Waals surface area contributed by atoms with Gasteiger partial charge in [0.1, 0.15) is 24.0 Å². The molecular formula is C35H39F2N7O7. The molecule has 4 aromatic rings. The number of amides is 3. The van der Waals surface area contributed by atoms with Crippen LogP contribution in [0.2, 0.25) is 0 Å². The second kappa shape index (κ2) is 15.9. The number of carboxylic acid groups (broad SMARTS) is 1. The minimum atomic E-state index is -3.02. The van der Waals surface area contributed by atoms with Gasteiger partial charge in [0.15, 0.2) is 11.4 Å². The maximum absolute atomic E-state index is 14.0. The van der Waals surface area contributed by atoms with E-state index in [1.807, 2.05) is 0 Å². The van der Waals surface area contributed by atoms with Crippen LogP contribution in [-0.2, 0) is 16.1 Å². The van der Waals surface area contributed by atoms with Crippen molar-refractivity contribution in [1.29, 1.82) is 0 Å². The molecule has 1 aliphatic carbocycles. The van der Waals surface area contributed by atoms with Gasteiger partial charge in [0, 0.05) is 37.8 Å². The second-order valence-electron chi connectivity index (χ2n) is 13.1. The van der Waals surface area contributed by atoms with Gasteiger partial charge >= 0.3 is 12.2 Å². The Morgan fingerprint density at radius 1 is 1.16 bits per heavy atom. The van der Waals surface area contributed by atoms with Gasteiger partial charge in [-0.2, -0.15) is 5.10 Å². The summed E-state index contributed by atoms with van der Waals surface area (Å²) in [6.07, 6.45) is 3.42. The molecule has 270 valence electrons. The van der Waals surface area contributed by atoms with E-state index < -0.39 is 35.8 Å². The third-order valence-corrected chi connectivity index (χ3v) is 7.80. The van der Waals surface area contributed by atoms with Crippen LogP contribution < -0.4 is 10.2 Å². The Morgan fingerprint density at radius 2 is 1.90 bits per heavy atom. The second-order valence-corrected chi connectivity index (χ2v) is 13.1. The number of nitrogens with one attached hydrogen (secondary N) is 1. The number of benzene rings is 1. The third kappa shape index (κ3) is 9.95. The van der Waals surface area contributed by atoms with Gasteiger partial charge in [-0.25, -0.2) is 33.0 Å². The minimum Gasteiger partial charge on any atom is -0.465 e. The average molecular weight is 708 g/mol. The number of rotatable bonds is 15. The maximum atomic E-state index is 14.0. The highest BCUT2D eigenvalue weighted by Gasteiger charge is 2.31. The maximum Gasteiger partial charge on any atom is 0.416 e. The summed E-state index contributed by atoms with van der Waals surface area (Å²) in [7, 11) is 0. The summed E-state index contributed by atoms with van der Waals surface area (Å²) in [6, 6.07) is 9.69. The van der Waals surface area contributed by atoms with Gasteiger partial charge in [0.2, 0.25) is 5.89 Å². The molecule has 5 rings (SSSR count). The predicted molar refractivity (Wildman–Crippen MR) is 181 cm³/mol. The molecule has 0 aliphatic heterocycles. The largest absolute Gasteiger partial charge is 0.465 e. The quantitative estimate of drug-likeness (QED) is 0.0957. The van der Waals surface area contributed by atoms with Crippen molar-refractivity contribution < 1.29 is 42.2 Å². The van der Waals surface area contributed by atoms with Crippen LogP contribution >= 0.6 is 0 Å². The normalized spacial score (nSPS) is 12.8. The first-order chi connectivity index (χ1) is 24.3. The highest BCUT2D eigenvalue weighted by atomic mass is 19.3. The lowest BCUT2D eigenvalue weighted by Gasteiger charge is -2.27. The highest BCUT2D eigenvalue weighted by molar-refractivity contribution is 6.03. The summed E-state index contributed by atoms with van der Waals surface area (Å²) in [5, 5.41) is 15.9. The van der Waals surface area contributed by atoms with Crippen molar-refractivity contribution in [3.63, 3.8) is 0 Å². The van der Waals surface area contributed by atoms with E-state index in [0.29, 0.717) is 54.4 Å². The van der Waals surface area contributed by atoms with Crippen molar-refractivity contribution >= 4 is 35.9 Å². The monoisotopic (exact) mass is 707 g/mol. The Labute approximate surface area is 292 Å². The molecule has 16 heteroatoms. The number of nitrogens with zero attached hydrogens (tertiary/aromatic N) is 6. The molecule has 3 heterocycles. The standard InChI is InChI=1S/C35H39F2N7O7/c1-35(2,3)51-34(49)43(19-23-7-8-23)28-17-24(13-14-38-28)32-40-27(21-50-32)31(46)39-26-20-44(41-29(26)30(36)37)25-11-9-22(10-12-25)18-42(33(47)48)15-5-4-6-16-45/h9-14,16-17,20-21,23,30H,4-8,15,18-19H2,1-3H3,(H,39,46)(H,47,48). The topological polar surface area (TPSA) is 173 Å². The Bertz CT molecular complexity index is 1850. The van der Waals surface area contributed by atoms with Gasteiger partial charge in [-0.3, -0.25) is 9.69 Å². The van der Waals surface area contributed by atoms with Crippen molar-refractivity contribution in [1.82, 2.24) is 24.6 Å². The third-order valence-electron chi connectivity index (χ3n) is 7.80. The number of aldehydes is 1. The lowest BCUT2D eigenvalue weighted by Crippen LogP contribution is -2.38. The first-order valence-electron chi connectivity index (χ1n) is 16.4. The number of carbonyl (C=O) groups is 4. The fourth-order valence-electron chi connectivity index (χ4n) is 5.06. The van der Waals surface area contributed by atoms with Crippen molar-refractivity contribution in [3.8, 4) is 17.1 Å². The van der Waals surface area contributed by atoms with Gasteiger partial charge in [-0.1, -0.05) is 12.1 Å². The molecule has 51 heavy (non-hydrogen) atoms. The lowest BCUT2D eigenvalue weighted by atomic mass is 10.2. The molecule has 0 atom stereocenters. The fourth-order valence-corrected chi connectivity index (χ4v) is 5.06. The van der Waals surface area contributed by atoms with Crippen molar-refractivity contribution in [2.75, 3.05) is 23.3 Å². The SMILES string of the molecule is CC(C)(C)OC(=O)N(CC1CC1)c1cc(-c2nc(C(=O)Nc3cn(-c4ccc(CN(CCCCC=O)C(=O)O)cc4)nc3C(F)F)co2)ccn1. The van der Waals surface area contributed by atoms with Crippen LogP contribution in [0.15, 0.2) is 59.5 Å². The summed E-state index contributed by atoms with van der Waals surface area (Å²) in [6.45, 7) is 6.12. The first kappa shape index (κ1) is 36.6. The molecule has 3 amide bonds. The molecule has 2 N–H and O–H groups in total. The molecule has 1 aliphatic rings.